The number of rotatable bonds is 7. The molecule has 7 nitrogen and oxygen atoms in total. The van der Waals surface area contributed by atoms with Gasteiger partial charge in [-0.05, 0) is 64.1 Å². The van der Waals surface area contributed by atoms with Gasteiger partial charge in [-0.25, -0.2) is 9.50 Å². The first-order valence-corrected chi connectivity index (χ1v) is 11.7. The van der Waals surface area contributed by atoms with E-state index in [0.29, 0.717) is 31.2 Å². The lowest BCUT2D eigenvalue weighted by atomic mass is 10.1. The largest absolute Gasteiger partial charge is 0.508 e. The van der Waals surface area contributed by atoms with Gasteiger partial charge in [0.15, 0.2) is 5.65 Å². The van der Waals surface area contributed by atoms with Crippen molar-refractivity contribution in [1.29, 1.82) is 0 Å². The van der Waals surface area contributed by atoms with Crippen molar-refractivity contribution in [2.24, 2.45) is 0 Å². The first kappa shape index (κ1) is 20.9. The monoisotopic (exact) mass is 433 g/mol. The Kier molecular flexibility index (Phi) is 5.59. The Balaban J connectivity index is 1.37. The number of nitrogens with zero attached hydrogens (tertiary/aromatic N) is 4. The van der Waals surface area contributed by atoms with E-state index in [1.165, 1.54) is 0 Å². The van der Waals surface area contributed by atoms with E-state index in [1.807, 2.05) is 29.6 Å². The number of aromatic hydroxyl groups is 1. The fourth-order valence-electron chi connectivity index (χ4n) is 4.85. The third kappa shape index (κ3) is 4.21. The quantitative estimate of drug-likeness (QED) is 0.595. The van der Waals surface area contributed by atoms with Gasteiger partial charge in [0.1, 0.15) is 5.75 Å². The number of likely N-dealkylation sites (tertiary alicyclic amines) is 1. The van der Waals surface area contributed by atoms with Gasteiger partial charge in [-0.1, -0.05) is 18.2 Å². The number of phenolic OH excluding ortho intramolecular Hbond substituents is 1. The van der Waals surface area contributed by atoms with Gasteiger partial charge >= 0.3 is 0 Å². The number of nitrogens with one attached hydrogen (secondary N) is 1. The number of hydrogen-bond acceptors (Lipinski definition) is 5. The molecule has 0 spiro atoms. The van der Waals surface area contributed by atoms with Crippen LogP contribution in [-0.2, 0) is 17.8 Å². The molecular formula is C25H31N5O2. The molecule has 1 aliphatic heterocycles. The highest BCUT2D eigenvalue weighted by atomic mass is 16.3. The van der Waals surface area contributed by atoms with Crippen molar-refractivity contribution in [2.75, 3.05) is 6.54 Å². The van der Waals surface area contributed by atoms with Crippen molar-refractivity contribution < 1.29 is 9.90 Å². The Hall–Kier alpha value is -2.93. The first-order valence-electron chi connectivity index (χ1n) is 11.7. The van der Waals surface area contributed by atoms with Crippen LogP contribution in [0.4, 0.5) is 0 Å². The molecule has 2 aliphatic rings. The third-order valence-electron chi connectivity index (χ3n) is 6.80. The lowest BCUT2D eigenvalue weighted by Crippen LogP contribution is -2.25. The number of para-hydroxylation sites is 1. The summed E-state index contributed by atoms with van der Waals surface area (Å²) >= 11 is 0. The number of aryl methyl sites for hydroxylation is 2. The molecule has 2 fully saturated rings. The molecule has 1 unspecified atom stereocenters. The summed E-state index contributed by atoms with van der Waals surface area (Å²) in [6, 6.07) is 10.2. The second-order valence-electron chi connectivity index (χ2n) is 9.20. The van der Waals surface area contributed by atoms with E-state index in [4.69, 9.17) is 10.1 Å². The minimum atomic E-state index is 0.123. The Morgan fingerprint density at radius 3 is 2.81 bits per heavy atom. The van der Waals surface area contributed by atoms with Crippen LogP contribution in [0.3, 0.4) is 0 Å². The van der Waals surface area contributed by atoms with Crippen LogP contribution in [0.25, 0.3) is 5.65 Å². The molecule has 1 aliphatic carbocycles. The van der Waals surface area contributed by atoms with Crippen LogP contribution >= 0.6 is 0 Å². The molecule has 3 aromatic rings. The molecule has 1 atom stereocenters. The van der Waals surface area contributed by atoms with Crippen molar-refractivity contribution in [3.05, 3.63) is 58.5 Å². The average Bonchev–Trinajstić information content (AvgIpc) is 3.28. The molecular weight excluding hydrogens is 402 g/mol. The smallest absolute Gasteiger partial charge is 0.220 e. The molecule has 168 valence electrons. The molecule has 2 aromatic heterocycles. The number of carbonyl (C=O) groups excluding carboxylic acids is 1. The van der Waals surface area contributed by atoms with Gasteiger partial charge in [0.2, 0.25) is 5.91 Å². The number of aromatic nitrogens is 3. The van der Waals surface area contributed by atoms with Crippen molar-refractivity contribution >= 4 is 11.6 Å². The Labute approximate surface area is 188 Å². The van der Waals surface area contributed by atoms with E-state index in [0.717, 1.165) is 66.1 Å². The summed E-state index contributed by atoms with van der Waals surface area (Å²) in [4.78, 5) is 19.4. The van der Waals surface area contributed by atoms with Gasteiger partial charge in [0.25, 0.3) is 0 Å². The molecule has 0 radical (unpaired) electrons. The van der Waals surface area contributed by atoms with Gasteiger partial charge in [0, 0.05) is 42.0 Å². The molecule has 2 N–H and O–H groups in total. The van der Waals surface area contributed by atoms with Gasteiger partial charge in [-0.15, -0.1) is 0 Å². The van der Waals surface area contributed by atoms with E-state index in [-0.39, 0.29) is 11.9 Å². The Morgan fingerprint density at radius 2 is 2.03 bits per heavy atom. The molecule has 1 aromatic carbocycles. The topological polar surface area (TPSA) is 82.8 Å². The van der Waals surface area contributed by atoms with Crippen LogP contribution in [0.2, 0.25) is 0 Å². The zero-order valence-corrected chi connectivity index (χ0v) is 18.8. The lowest BCUT2D eigenvalue weighted by Gasteiger charge is -2.23. The number of hydrogen-bond donors (Lipinski definition) is 2. The van der Waals surface area contributed by atoms with Crippen LogP contribution in [0.5, 0.6) is 5.75 Å². The fourth-order valence-corrected chi connectivity index (χ4v) is 4.85. The highest BCUT2D eigenvalue weighted by Gasteiger charge is 2.29. The second-order valence-corrected chi connectivity index (χ2v) is 9.20. The third-order valence-corrected chi connectivity index (χ3v) is 6.80. The van der Waals surface area contributed by atoms with Crippen LogP contribution < -0.4 is 5.32 Å². The van der Waals surface area contributed by atoms with Gasteiger partial charge in [0.05, 0.1) is 11.7 Å². The zero-order valence-electron chi connectivity index (χ0n) is 18.8. The van der Waals surface area contributed by atoms with Crippen molar-refractivity contribution in [3.63, 3.8) is 0 Å². The molecule has 1 saturated carbocycles. The molecule has 5 rings (SSSR count). The standard InChI is InChI=1S/C25H31N5O2/c1-16-20(11-12-25(32)27-19-9-10-19)17(2)30-24(26-16)14-21(28-30)22-7-5-13-29(22)15-18-6-3-4-8-23(18)31/h3-4,6,8,14,19,22,31H,5,7,9-13,15H2,1-2H3,(H,27,32). The fraction of sp³-hybridized carbons (Fsp3) is 0.480. The predicted octanol–water partition coefficient (Wildman–Crippen LogP) is 3.60. The zero-order chi connectivity index (χ0) is 22.2. The van der Waals surface area contributed by atoms with E-state index in [9.17, 15) is 9.90 Å². The normalized spacial score (nSPS) is 19.0. The van der Waals surface area contributed by atoms with Crippen LogP contribution in [-0.4, -0.2) is 43.1 Å². The Morgan fingerprint density at radius 1 is 1.22 bits per heavy atom. The summed E-state index contributed by atoms with van der Waals surface area (Å²) in [6.07, 6.45) is 5.53. The molecule has 7 heteroatoms. The van der Waals surface area contributed by atoms with E-state index in [1.54, 1.807) is 6.07 Å². The number of amides is 1. The summed E-state index contributed by atoms with van der Waals surface area (Å²) in [5.74, 6) is 0.468. The van der Waals surface area contributed by atoms with Crippen molar-refractivity contribution in [1.82, 2.24) is 24.8 Å². The summed E-state index contributed by atoms with van der Waals surface area (Å²) < 4.78 is 1.94. The highest BCUT2D eigenvalue weighted by molar-refractivity contribution is 5.76. The van der Waals surface area contributed by atoms with Crippen molar-refractivity contribution in [2.45, 2.75) is 71.0 Å². The second kappa shape index (κ2) is 8.54. The summed E-state index contributed by atoms with van der Waals surface area (Å²) in [5, 5.41) is 18.2. The van der Waals surface area contributed by atoms with Crippen molar-refractivity contribution in [3.8, 4) is 5.75 Å². The predicted molar refractivity (Wildman–Crippen MR) is 122 cm³/mol. The molecule has 3 heterocycles. The summed E-state index contributed by atoms with van der Waals surface area (Å²) in [6.45, 7) is 5.78. The maximum atomic E-state index is 12.2. The maximum Gasteiger partial charge on any atom is 0.220 e. The summed E-state index contributed by atoms with van der Waals surface area (Å²) in [5.41, 5.74) is 5.96. The number of fused-ring (bicyclic) bond motifs is 1. The van der Waals surface area contributed by atoms with E-state index < -0.39 is 0 Å². The van der Waals surface area contributed by atoms with E-state index >= 15 is 0 Å². The number of benzene rings is 1. The Bertz CT molecular complexity index is 1150. The summed E-state index contributed by atoms with van der Waals surface area (Å²) in [7, 11) is 0. The average molecular weight is 434 g/mol. The molecule has 1 saturated heterocycles. The minimum Gasteiger partial charge on any atom is -0.508 e. The van der Waals surface area contributed by atoms with E-state index in [2.05, 4.69) is 23.2 Å². The lowest BCUT2D eigenvalue weighted by molar-refractivity contribution is -0.121. The van der Waals surface area contributed by atoms with Gasteiger partial charge < -0.3 is 10.4 Å². The van der Waals surface area contributed by atoms with Crippen LogP contribution in [0, 0.1) is 13.8 Å². The molecule has 0 bridgehead atoms. The van der Waals surface area contributed by atoms with Crippen LogP contribution in [0.1, 0.15) is 66.4 Å². The number of phenols is 1. The SMILES string of the molecule is Cc1nc2cc(C3CCCN3Cc3ccccc3O)nn2c(C)c1CCC(=O)NC1CC1. The first-order chi connectivity index (χ1) is 15.5. The maximum absolute atomic E-state index is 12.2. The van der Waals surface area contributed by atoms with Gasteiger partial charge in [-0.2, -0.15) is 5.10 Å². The molecule has 1 amide bonds. The van der Waals surface area contributed by atoms with Crippen LogP contribution in [0.15, 0.2) is 30.3 Å². The highest BCUT2D eigenvalue weighted by Crippen LogP contribution is 2.34. The number of carbonyl (C=O) groups is 1. The van der Waals surface area contributed by atoms with Gasteiger partial charge in [-0.3, -0.25) is 9.69 Å². The minimum absolute atomic E-state index is 0.123. The molecule has 32 heavy (non-hydrogen) atoms.